The van der Waals surface area contributed by atoms with Crippen LogP contribution in [0.15, 0.2) is 83.3 Å². The number of hydrogen-bond acceptors (Lipinski definition) is 6. The monoisotopic (exact) mass is 658 g/mol. The van der Waals surface area contributed by atoms with E-state index in [4.69, 9.17) is 4.74 Å². The Morgan fingerprint density at radius 1 is 1.00 bits per heavy atom. The number of para-hydroxylation sites is 2. The number of amides is 3. The molecule has 5 rings (SSSR count). The number of rotatable bonds is 8. The normalized spacial score (nSPS) is 15.4. The van der Waals surface area contributed by atoms with E-state index in [2.05, 4.69) is 26.6 Å². The van der Waals surface area contributed by atoms with Crippen molar-refractivity contribution in [3.63, 3.8) is 0 Å². The van der Waals surface area contributed by atoms with Crippen LogP contribution < -0.4 is 25.2 Å². The van der Waals surface area contributed by atoms with Crippen LogP contribution in [0.2, 0.25) is 0 Å². The molecule has 2 atom stereocenters. The summed E-state index contributed by atoms with van der Waals surface area (Å²) < 4.78 is 6.63. The predicted octanol–water partition coefficient (Wildman–Crippen LogP) is 4.60. The molecule has 0 bridgehead atoms. The third kappa shape index (κ3) is 6.01. The zero-order valence-electron chi connectivity index (χ0n) is 24.3. The summed E-state index contributed by atoms with van der Waals surface area (Å²) in [5.74, 6) is -1.77. The third-order valence-corrected chi connectivity index (χ3v) is 8.24. The van der Waals surface area contributed by atoms with Crippen LogP contribution in [0.1, 0.15) is 33.2 Å². The maximum Gasteiger partial charge on any atom is 0.335 e. The van der Waals surface area contributed by atoms with Gasteiger partial charge in [0.2, 0.25) is 5.91 Å². The number of hydrogen-bond donors (Lipinski definition) is 3. The van der Waals surface area contributed by atoms with Gasteiger partial charge < -0.3 is 30.3 Å². The highest BCUT2D eigenvalue weighted by molar-refractivity contribution is 9.10. The smallest absolute Gasteiger partial charge is 0.335 e. The Labute approximate surface area is 262 Å². The molecule has 1 aliphatic rings. The van der Waals surface area contributed by atoms with E-state index < -0.39 is 35.8 Å². The van der Waals surface area contributed by atoms with Gasteiger partial charge in [-0.25, -0.2) is 4.79 Å². The van der Waals surface area contributed by atoms with Crippen molar-refractivity contribution in [3.05, 3.63) is 100 Å². The average Bonchev–Trinajstić information content (AvgIpc) is 3.14. The van der Waals surface area contributed by atoms with Gasteiger partial charge in [-0.2, -0.15) is 0 Å². The fraction of sp³-hybridized carbons (Fsp3) is 0.212. The summed E-state index contributed by atoms with van der Waals surface area (Å²) >= 11 is 3.52. The third-order valence-electron chi connectivity index (χ3n) is 7.75. The van der Waals surface area contributed by atoms with Crippen LogP contribution >= 0.6 is 15.9 Å². The van der Waals surface area contributed by atoms with Gasteiger partial charge >= 0.3 is 5.97 Å². The molecular weight excluding hydrogens is 628 g/mol. The van der Waals surface area contributed by atoms with Gasteiger partial charge in [0.05, 0.1) is 43.2 Å². The quantitative estimate of drug-likeness (QED) is 0.253. The van der Waals surface area contributed by atoms with Crippen molar-refractivity contribution >= 4 is 61.8 Å². The standard InChI is InChI=1S/C33H31BrN4O6/c1-19(35-2)30(39)36-26-18-38(31(40)20-8-10-21(11-9-20)33(42)43)28-7-5-4-6-27(28)37(32(26)41)17-25-24-14-13-23(34)16-22(24)12-15-29(25)44-3/h4-16,19,26,35H,17-18H2,1-3H3,(H,36,39)(H,42,43)/t19-,26-/m0/s1. The van der Waals surface area contributed by atoms with Crippen LogP contribution in [-0.2, 0) is 16.1 Å². The molecule has 0 spiro atoms. The number of halogens is 1. The zero-order chi connectivity index (χ0) is 31.5. The number of benzene rings is 4. The Bertz CT molecular complexity index is 1760. The van der Waals surface area contributed by atoms with Crippen molar-refractivity contribution in [1.29, 1.82) is 0 Å². The lowest BCUT2D eigenvalue weighted by Crippen LogP contribution is -2.55. The summed E-state index contributed by atoms with van der Waals surface area (Å²) in [5.41, 5.74) is 1.98. The first-order chi connectivity index (χ1) is 21.1. The molecule has 0 fully saturated rings. The minimum absolute atomic E-state index is 0.0430. The number of aromatic carboxylic acids is 1. The molecule has 3 N–H and O–H groups in total. The number of methoxy groups -OCH3 is 1. The maximum absolute atomic E-state index is 14.4. The van der Waals surface area contributed by atoms with E-state index in [0.29, 0.717) is 17.1 Å². The lowest BCUT2D eigenvalue weighted by molar-refractivity contribution is -0.128. The molecule has 0 saturated carbocycles. The summed E-state index contributed by atoms with van der Waals surface area (Å²) in [6.07, 6.45) is 0. The number of carboxylic acids is 1. The first kappa shape index (κ1) is 30.7. The molecule has 226 valence electrons. The Hall–Kier alpha value is -4.74. The molecule has 3 amide bonds. The number of carbonyl (C=O) groups is 4. The van der Waals surface area contributed by atoms with E-state index in [1.807, 2.05) is 30.3 Å². The van der Waals surface area contributed by atoms with Crippen LogP contribution in [0.5, 0.6) is 5.75 Å². The average molecular weight is 660 g/mol. The number of nitrogens with one attached hydrogen (secondary N) is 2. The largest absolute Gasteiger partial charge is 0.496 e. The fourth-order valence-electron chi connectivity index (χ4n) is 5.25. The van der Waals surface area contributed by atoms with Crippen LogP contribution in [0, 0.1) is 0 Å². The van der Waals surface area contributed by atoms with Crippen molar-refractivity contribution in [2.75, 3.05) is 30.5 Å². The van der Waals surface area contributed by atoms with Gasteiger partial charge in [0.25, 0.3) is 11.8 Å². The number of nitrogens with zero attached hydrogens (tertiary/aromatic N) is 2. The molecule has 1 heterocycles. The van der Waals surface area contributed by atoms with E-state index >= 15 is 0 Å². The second-order valence-corrected chi connectivity index (χ2v) is 11.3. The Balaban J connectivity index is 1.64. The van der Waals surface area contributed by atoms with E-state index in [9.17, 15) is 24.3 Å². The minimum Gasteiger partial charge on any atom is -0.496 e. The topological polar surface area (TPSA) is 128 Å². The van der Waals surface area contributed by atoms with E-state index in [1.54, 1.807) is 50.2 Å². The van der Waals surface area contributed by atoms with Gasteiger partial charge in [0.1, 0.15) is 11.8 Å². The first-order valence-electron chi connectivity index (χ1n) is 13.9. The molecule has 44 heavy (non-hydrogen) atoms. The molecule has 0 radical (unpaired) electrons. The minimum atomic E-state index is -1.11. The second kappa shape index (κ2) is 12.9. The van der Waals surface area contributed by atoms with Crippen molar-refractivity contribution in [3.8, 4) is 5.75 Å². The molecule has 0 aromatic heterocycles. The van der Waals surface area contributed by atoms with Crippen molar-refractivity contribution in [2.24, 2.45) is 0 Å². The summed E-state index contributed by atoms with van der Waals surface area (Å²) in [6.45, 7) is 1.63. The highest BCUT2D eigenvalue weighted by atomic mass is 79.9. The molecule has 11 heteroatoms. The van der Waals surface area contributed by atoms with Gasteiger partial charge in [0, 0.05) is 15.6 Å². The molecular formula is C33H31BrN4O6. The number of fused-ring (bicyclic) bond motifs is 2. The van der Waals surface area contributed by atoms with Crippen LogP contribution in [0.25, 0.3) is 10.8 Å². The number of carbonyl (C=O) groups excluding carboxylic acids is 3. The van der Waals surface area contributed by atoms with Gasteiger partial charge in [-0.1, -0.05) is 40.2 Å². The summed E-state index contributed by atoms with van der Waals surface area (Å²) in [7, 11) is 3.21. The maximum atomic E-state index is 14.4. The van der Waals surface area contributed by atoms with E-state index in [1.165, 1.54) is 29.2 Å². The Morgan fingerprint density at radius 2 is 1.68 bits per heavy atom. The van der Waals surface area contributed by atoms with Gasteiger partial charge in [0.15, 0.2) is 0 Å². The Morgan fingerprint density at radius 3 is 2.34 bits per heavy atom. The number of anilines is 2. The second-order valence-electron chi connectivity index (χ2n) is 10.4. The van der Waals surface area contributed by atoms with E-state index in [0.717, 1.165) is 20.8 Å². The lowest BCUT2D eigenvalue weighted by atomic mass is 10.0. The summed E-state index contributed by atoms with van der Waals surface area (Å²) in [6, 6.07) is 20.6. The predicted molar refractivity (Wildman–Crippen MR) is 171 cm³/mol. The Kier molecular flexibility index (Phi) is 8.98. The molecule has 4 aromatic carbocycles. The van der Waals surface area contributed by atoms with E-state index in [-0.39, 0.29) is 24.2 Å². The number of ether oxygens (including phenoxy) is 1. The molecule has 10 nitrogen and oxygen atoms in total. The van der Waals surface area contributed by atoms with Crippen LogP contribution in [0.3, 0.4) is 0 Å². The SMILES string of the molecule is CN[C@@H](C)C(=O)N[C@H]1CN(C(=O)c2ccc(C(=O)O)cc2)c2ccccc2N(Cc2c(OC)ccc3cc(Br)ccc23)C1=O. The molecule has 4 aromatic rings. The molecule has 0 unspecified atom stereocenters. The molecule has 1 aliphatic heterocycles. The van der Waals surface area contributed by atoms with Crippen LogP contribution in [-0.4, -0.2) is 61.6 Å². The lowest BCUT2D eigenvalue weighted by Gasteiger charge is -2.27. The van der Waals surface area contributed by atoms with Crippen LogP contribution in [0.4, 0.5) is 11.4 Å². The highest BCUT2D eigenvalue weighted by Gasteiger charge is 2.38. The fourth-order valence-corrected chi connectivity index (χ4v) is 5.62. The number of likely N-dealkylation sites (N-methyl/N-ethyl adjacent to an activating group) is 1. The van der Waals surface area contributed by atoms with Crippen molar-refractivity contribution < 1.29 is 29.0 Å². The summed E-state index contributed by atoms with van der Waals surface area (Å²) in [4.78, 5) is 55.9. The summed E-state index contributed by atoms with van der Waals surface area (Å²) in [5, 5.41) is 16.9. The molecule has 0 aliphatic carbocycles. The number of carboxylic acid groups (broad SMARTS) is 1. The van der Waals surface area contributed by atoms with Gasteiger partial charge in [-0.05, 0) is 79.3 Å². The first-order valence-corrected chi connectivity index (χ1v) is 14.7. The highest BCUT2D eigenvalue weighted by Crippen LogP contribution is 2.38. The van der Waals surface area contributed by atoms with Gasteiger partial charge in [-0.15, -0.1) is 0 Å². The van der Waals surface area contributed by atoms with Crippen molar-refractivity contribution in [2.45, 2.75) is 25.6 Å². The zero-order valence-corrected chi connectivity index (χ0v) is 25.9. The molecule has 0 saturated heterocycles. The van der Waals surface area contributed by atoms with Gasteiger partial charge in [-0.3, -0.25) is 14.4 Å². The van der Waals surface area contributed by atoms with Crippen molar-refractivity contribution in [1.82, 2.24) is 10.6 Å².